The molecule has 0 bridgehead atoms. The van der Waals surface area contributed by atoms with Gasteiger partial charge >= 0.3 is 6.03 Å². The molecule has 0 fully saturated rings. The number of nitrogen functional groups attached to an aromatic ring is 1. The largest absolute Gasteiger partial charge is 0.382 e. The molecule has 0 aromatic carbocycles. The number of carbonyl (C=O) groups is 1. The number of aromatic nitrogens is 3. The lowest BCUT2D eigenvalue weighted by molar-refractivity contribution is 0.126. The average Bonchev–Trinajstić information content (AvgIpc) is 2.89. The first-order valence-corrected chi connectivity index (χ1v) is 9.47. The second kappa shape index (κ2) is 9.03. The van der Waals surface area contributed by atoms with E-state index in [2.05, 4.69) is 25.2 Å². The van der Waals surface area contributed by atoms with Gasteiger partial charge in [0.1, 0.15) is 17.9 Å². The number of aryl methyl sites for hydroxylation is 2. The number of pyridine rings is 1. The summed E-state index contributed by atoms with van der Waals surface area (Å²) in [5.74, 6) is 1.30. The lowest BCUT2D eigenvalue weighted by Gasteiger charge is -2.20. The third-order valence-corrected chi connectivity index (χ3v) is 3.99. The van der Waals surface area contributed by atoms with Crippen molar-refractivity contribution < 1.29 is 9.53 Å². The molecule has 0 spiro atoms. The number of amides is 2. The van der Waals surface area contributed by atoms with Gasteiger partial charge in [-0.1, -0.05) is 0 Å². The Morgan fingerprint density at radius 2 is 2.04 bits per heavy atom. The highest BCUT2D eigenvalue weighted by atomic mass is 16.5. The van der Waals surface area contributed by atoms with Crippen molar-refractivity contribution >= 4 is 22.9 Å². The van der Waals surface area contributed by atoms with Crippen LogP contribution in [0.2, 0.25) is 0 Å². The Balaban J connectivity index is 1.99. The van der Waals surface area contributed by atoms with Crippen LogP contribution in [0.15, 0.2) is 6.07 Å². The van der Waals surface area contributed by atoms with Gasteiger partial charge in [0.2, 0.25) is 0 Å². The second-order valence-electron chi connectivity index (χ2n) is 7.67. The highest BCUT2D eigenvalue weighted by Crippen LogP contribution is 2.22. The van der Waals surface area contributed by atoms with Crippen LogP contribution in [-0.4, -0.2) is 39.3 Å². The topological polar surface area (TPSA) is 107 Å². The Kier molecular flexibility index (Phi) is 7.01. The summed E-state index contributed by atoms with van der Waals surface area (Å²) >= 11 is 0. The van der Waals surface area contributed by atoms with Crippen LogP contribution in [0.5, 0.6) is 0 Å². The number of fused-ring (bicyclic) bond motifs is 1. The van der Waals surface area contributed by atoms with Crippen molar-refractivity contribution in [2.24, 2.45) is 0 Å². The summed E-state index contributed by atoms with van der Waals surface area (Å²) in [7, 11) is 0. The molecule has 0 aliphatic carbocycles. The molecule has 0 unspecified atom stereocenters. The summed E-state index contributed by atoms with van der Waals surface area (Å²) in [4.78, 5) is 20.7. The number of hydrogen-bond donors (Lipinski definition) is 3. The van der Waals surface area contributed by atoms with Crippen molar-refractivity contribution in [3.63, 3.8) is 0 Å². The molecule has 2 aromatic heterocycles. The number of nitrogens with one attached hydrogen (secondary N) is 2. The van der Waals surface area contributed by atoms with Crippen molar-refractivity contribution in [3.8, 4) is 0 Å². The summed E-state index contributed by atoms with van der Waals surface area (Å²) in [5, 5.41) is 5.78. The first-order valence-electron chi connectivity index (χ1n) is 9.47. The Labute approximate surface area is 160 Å². The van der Waals surface area contributed by atoms with Gasteiger partial charge in [-0.3, -0.25) is 0 Å². The number of nitrogens with two attached hydrogens (primary N) is 1. The number of carbonyl (C=O) groups excluding carboxylic acids is 1. The van der Waals surface area contributed by atoms with E-state index >= 15 is 0 Å². The summed E-state index contributed by atoms with van der Waals surface area (Å²) in [6, 6.07) is 1.87. The number of rotatable bonds is 8. The van der Waals surface area contributed by atoms with Gasteiger partial charge in [0.15, 0.2) is 5.82 Å². The van der Waals surface area contributed by atoms with Crippen molar-refractivity contribution in [3.05, 3.63) is 17.6 Å². The van der Waals surface area contributed by atoms with Gasteiger partial charge in [-0.15, -0.1) is 0 Å². The van der Waals surface area contributed by atoms with Crippen molar-refractivity contribution in [1.82, 2.24) is 25.2 Å². The summed E-state index contributed by atoms with van der Waals surface area (Å²) < 4.78 is 7.70. The molecule has 0 atom stereocenters. The number of hydrogen-bond acceptors (Lipinski definition) is 5. The van der Waals surface area contributed by atoms with Crippen LogP contribution in [0, 0.1) is 6.92 Å². The highest BCUT2D eigenvalue weighted by Gasteiger charge is 2.15. The van der Waals surface area contributed by atoms with Crippen LogP contribution < -0.4 is 16.4 Å². The molecule has 8 nitrogen and oxygen atoms in total. The molecule has 0 saturated carbocycles. The number of nitrogens with zero attached hydrogens (tertiary/aromatic N) is 3. The van der Waals surface area contributed by atoms with E-state index in [9.17, 15) is 4.79 Å². The third-order valence-electron chi connectivity index (χ3n) is 3.99. The maximum atomic E-state index is 11.8. The monoisotopic (exact) mass is 376 g/mol. The Morgan fingerprint density at radius 3 is 2.70 bits per heavy atom. The van der Waals surface area contributed by atoms with Gasteiger partial charge in [0.05, 0.1) is 5.52 Å². The van der Waals surface area contributed by atoms with Gasteiger partial charge in [-0.25, -0.2) is 14.8 Å². The Hall–Kier alpha value is -2.35. The van der Waals surface area contributed by atoms with Crippen LogP contribution in [-0.2, 0) is 17.9 Å². The standard InChI is InChI=1S/C19H32N6O2/c1-6-27-12-15-23-16-14(11-13(2)22-17(16)20)25(15)10-8-7-9-21-18(26)24-19(3,4)5/h11H,6-10,12H2,1-5H3,(H2,20,22)(H2,21,24,26). The highest BCUT2D eigenvalue weighted by molar-refractivity contribution is 5.85. The molecule has 0 saturated heterocycles. The molecule has 0 aliphatic heterocycles. The lowest BCUT2D eigenvalue weighted by atomic mass is 10.1. The van der Waals surface area contributed by atoms with Gasteiger partial charge in [-0.05, 0) is 53.5 Å². The van der Waals surface area contributed by atoms with Crippen LogP contribution in [0.1, 0.15) is 52.1 Å². The molecule has 2 amide bonds. The zero-order chi connectivity index (χ0) is 20.0. The van der Waals surface area contributed by atoms with Gasteiger partial charge in [-0.2, -0.15) is 0 Å². The summed E-state index contributed by atoms with van der Waals surface area (Å²) in [6.45, 7) is 12.2. The smallest absolute Gasteiger partial charge is 0.315 e. The number of unbranched alkanes of at least 4 members (excludes halogenated alkanes) is 1. The maximum Gasteiger partial charge on any atom is 0.315 e. The van der Waals surface area contributed by atoms with E-state index in [0.717, 1.165) is 41.9 Å². The molecule has 2 aromatic rings. The minimum atomic E-state index is -0.236. The number of anilines is 1. The van der Waals surface area contributed by atoms with Crippen LogP contribution in [0.4, 0.5) is 10.6 Å². The first kappa shape index (κ1) is 21.0. The van der Waals surface area contributed by atoms with E-state index in [1.54, 1.807) is 0 Å². The Morgan fingerprint density at radius 1 is 1.30 bits per heavy atom. The molecule has 2 rings (SSSR count). The molecule has 0 radical (unpaired) electrons. The van der Waals surface area contributed by atoms with Crippen molar-refractivity contribution in [2.45, 2.75) is 66.2 Å². The number of urea groups is 1. The van der Waals surface area contributed by atoms with Crippen LogP contribution in [0.3, 0.4) is 0 Å². The quantitative estimate of drug-likeness (QED) is 0.614. The van der Waals surface area contributed by atoms with E-state index in [1.807, 2.05) is 40.7 Å². The molecule has 8 heteroatoms. The lowest BCUT2D eigenvalue weighted by Crippen LogP contribution is -2.46. The van der Waals surface area contributed by atoms with Crippen LogP contribution in [0.25, 0.3) is 11.0 Å². The molecule has 27 heavy (non-hydrogen) atoms. The zero-order valence-corrected chi connectivity index (χ0v) is 17.1. The summed E-state index contributed by atoms with van der Waals surface area (Å²) in [5.41, 5.74) is 8.37. The molecular weight excluding hydrogens is 344 g/mol. The normalized spacial score (nSPS) is 11.7. The van der Waals surface area contributed by atoms with E-state index in [1.165, 1.54) is 0 Å². The molecule has 150 valence electrons. The van der Waals surface area contributed by atoms with E-state index in [4.69, 9.17) is 10.5 Å². The van der Waals surface area contributed by atoms with Gasteiger partial charge < -0.3 is 25.7 Å². The van der Waals surface area contributed by atoms with Crippen LogP contribution >= 0.6 is 0 Å². The minimum absolute atomic E-state index is 0.137. The third kappa shape index (κ3) is 6.09. The Bertz CT molecular complexity index is 779. The van der Waals surface area contributed by atoms with Gasteiger partial charge in [0, 0.05) is 30.9 Å². The predicted molar refractivity (Wildman–Crippen MR) is 108 cm³/mol. The second-order valence-corrected chi connectivity index (χ2v) is 7.67. The van der Waals surface area contributed by atoms with E-state index in [-0.39, 0.29) is 11.6 Å². The first-order chi connectivity index (χ1) is 12.7. The molecule has 0 aliphatic rings. The predicted octanol–water partition coefficient (Wildman–Crippen LogP) is 2.74. The van der Waals surface area contributed by atoms with Crippen molar-refractivity contribution in [1.29, 1.82) is 0 Å². The fraction of sp³-hybridized carbons (Fsp3) is 0.632. The van der Waals surface area contributed by atoms with E-state index < -0.39 is 0 Å². The average molecular weight is 377 g/mol. The fourth-order valence-corrected chi connectivity index (χ4v) is 2.86. The summed E-state index contributed by atoms with van der Waals surface area (Å²) in [6.07, 6.45) is 1.77. The minimum Gasteiger partial charge on any atom is -0.382 e. The zero-order valence-electron chi connectivity index (χ0n) is 17.1. The van der Waals surface area contributed by atoms with Crippen molar-refractivity contribution in [2.75, 3.05) is 18.9 Å². The molecular formula is C19H32N6O2. The SMILES string of the molecule is CCOCc1nc2c(N)nc(C)cc2n1CCCCNC(=O)NC(C)(C)C. The molecule has 4 N–H and O–H groups in total. The molecule has 2 heterocycles. The fourth-order valence-electron chi connectivity index (χ4n) is 2.86. The van der Waals surface area contributed by atoms with Gasteiger partial charge in [0.25, 0.3) is 0 Å². The number of imidazole rings is 1. The van der Waals surface area contributed by atoms with E-state index in [0.29, 0.717) is 25.6 Å². The number of ether oxygens (including phenoxy) is 1. The maximum absolute atomic E-state index is 11.8.